The highest BCUT2D eigenvalue weighted by molar-refractivity contribution is 7.47. The summed E-state index contributed by atoms with van der Waals surface area (Å²) in [6, 6.07) is 14.6. The molecule has 0 aliphatic carbocycles. The van der Waals surface area contributed by atoms with Crippen molar-refractivity contribution in [1.29, 1.82) is 5.26 Å². The van der Waals surface area contributed by atoms with Crippen LogP contribution >= 0.6 is 7.82 Å². The molecular formula is C39H56N5O8P. The van der Waals surface area contributed by atoms with E-state index < -0.39 is 38.3 Å². The third-order valence-corrected chi connectivity index (χ3v) is 10.4. The maximum atomic E-state index is 13.0. The number of nitriles is 1. The molecule has 3 heterocycles. The predicted octanol–water partition coefficient (Wildman–Crippen LogP) is 6.60. The number of hydrogen-bond acceptors (Lipinski definition) is 11. The van der Waals surface area contributed by atoms with Gasteiger partial charge in [-0.3, -0.25) is 9.05 Å². The van der Waals surface area contributed by atoms with Crippen molar-refractivity contribution >= 4 is 19.2 Å². The van der Waals surface area contributed by atoms with Crippen LogP contribution in [0.5, 0.6) is 0 Å². The number of nitrogens with two attached hydrogens (primary N) is 1. The lowest BCUT2D eigenvalue weighted by molar-refractivity contribution is -0.0647. The summed E-state index contributed by atoms with van der Waals surface area (Å²) < 4.78 is 36.6. The number of phosphoric ester groups is 1. The molecule has 1 aliphatic heterocycles. The van der Waals surface area contributed by atoms with Gasteiger partial charge in [0.1, 0.15) is 36.2 Å². The number of nitrogens with zero attached hydrogens (tertiary/aromatic N) is 4. The van der Waals surface area contributed by atoms with Gasteiger partial charge in [0.25, 0.3) is 0 Å². The predicted molar refractivity (Wildman–Crippen MR) is 201 cm³/mol. The first-order valence-electron chi connectivity index (χ1n) is 18.9. The van der Waals surface area contributed by atoms with E-state index in [-0.39, 0.29) is 30.6 Å². The summed E-state index contributed by atoms with van der Waals surface area (Å²) in [6.07, 6.45) is 13.0. The van der Waals surface area contributed by atoms with Gasteiger partial charge in [0.2, 0.25) is 5.60 Å². The summed E-state index contributed by atoms with van der Waals surface area (Å²) >= 11 is 0. The molecule has 6 atom stereocenters. The van der Waals surface area contributed by atoms with Crippen LogP contribution in [0.15, 0.2) is 48.8 Å². The van der Waals surface area contributed by atoms with E-state index in [0.29, 0.717) is 18.5 Å². The molecule has 1 aliphatic rings. The zero-order chi connectivity index (χ0) is 37.9. The number of fused-ring (bicyclic) bond motifs is 1. The Labute approximate surface area is 313 Å². The molecule has 2 aromatic heterocycles. The second-order valence-electron chi connectivity index (χ2n) is 13.7. The van der Waals surface area contributed by atoms with Crippen LogP contribution in [0.1, 0.15) is 108 Å². The fourth-order valence-corrected chi connectivity index (χ4v) is 7.21. The molecular weight excluding hydrogens is 697 g/mol. The third kappa shape index (κ3) is 12.9. The van der Waals surface area contributed by atoms with Crippen LogP contribution in [0, 0.1) is 29.1 Å². The van der Waals surface area contributed by atoms with Crippen LogP contribution in [0.4, 0.5) is 5.82 Å². The number of nitrogen functional groups attached to an aromatic ring is 1. The zero-order valence-corrected chi connectivity index (χ0v) is 31.7. The first-order valence-corrected chi connectivity index (χ1v) is 20.4. The molecule has 4 rings (SSSR count). The van der Waals surface area contributed by atoms with Gasteiger partial charge >= 0.3 is 7.82 Å². The minimum Gasteiger partial charge on any atom is -0.387 e. The number of aliphatic hydroxyl groups excluding tert-OH is 2. The molecule has 0 bridgehead atoms. The van der Waals surface area contributed by atoms with Crippen molar-refractivity contribution in [3.05, 3.63) is 60.0 Å². The van der Waals surface area contributed by atoms with Crippen molar-refractivity contribution in [2.45, 2.75) is 127 Å². The minimum absolute atomic E-state index is 0.0971. The highest BCUT2D eigenvalue weighted by atomic mass is 31.2. The highest BCUT2D eigenvalue weighted by Gasteiger charge is 2.58. The third-order valence-electron chi connectivity index (χ3n) is 9.50. The Bertz CT molecular complexity index is 1670. The topological polar surface area (TPSA) is 195 Å². The van der Waals surface area contributed by atoms with E-state index in [0.717, 1.165) is 24.8 Å². The lowest BCUT2D eigenvalue weighted by Gasteiger charge is -2.24. The molecule has 0 spiro atoms. The van der Waals surface area contributed by atoms with Gasteiger partial charge in [-0.25, -0.2) is 14.1 Å². The maximum Gasteiger partial charge on any atom is 0.472 e. The average molecular weight is 754 g/mol. The number of ether oxygens (including phenoxy) is 2. The van der Waals surface area contributed by atoms with Gasteiger partial charge in [-0.15, -0.1) is 11.8 Å². The van der Waals surface area contributed by atoms with Crippen molar-refractivity contribution in [2.24, 2.45) is 5.92 Å². The molecule has 14 heteroatoms. The fourth-order valence-electron chi connectivity index (χ4n) is 6.40. The van der Waals surface area contributed by atoms with Crippen LogP contribution in [-0.2, 0) is 35.3 Å². The standard InChI is InChI=1S/C39H56N5O8P/c1-2-3-4-5-6-7-8-9-10-11-12-13-14-15-17-22-32(26-49-25-31-20-18-16-19-21-31)27-50-53(47,48)51-28-34-36(45)37(46)39(29-40,52-34)35-24-23-33-38(41)42-30-43-44(33)35/h16,18-21,23-24,30,32,34,36-37,45-46H,2-14,22,25-28H2,1H3,(H,47,48)(H2,41,42,43)/t32-,34+,36+,37+,39-/m0/s1. The van der Waals surface area contributed by atoms with Crippen molar-refractivity contribution in [1.82, 2.24) is 14.6 Å². The molecule has 1 unspecified atom stereocenters. The van der Waals surface area contributed by atoms with Crippen LogP contribution < -0.4 is 5.73 Å². The molecule has 3 aromatic rings. The van der Waals surface area contributed by atoms with Gasteiger partial charge in [-0.1, -0.05) is 108 Å². The zero-order valence-electron chi connectivity index (χ0n) is 30.9. The SMILES string of the molecule is CCCCCCCCCCCCCCC#CC[C@@H](COCc1ccccc1)COP(=O)(O)OC[C@H]1O[C@@](C#N)(c2ccc3c(N)ncnn23)[C@H](O)[C@@H]1O. The smallest absolute Gasteiger partial charge is 0.387 e. The van der Waals surface area contributed by atoms with Crippen molar-refractivity contribution in [2.75, 3.05) is 25.6 Å². The van der Waals surface area contributed by atoms with E-state index in [1.165, 1.54) is 81.1 Å². The number of rotatable bonds is 24. The van der Waals surface area contributed by atoms with Crippen LogP contribution in [-0.4, -0.2) is 67.8 Å². The van der Waals surface area contributed by atoms with Crippen LogP contribution in [0.2, 0.25) is 0 Å². The van der Waals surface area contributed by atoms with E-state index in [4.69, 9.17) is 24.3 Å². The summed E-state index contributed by atoms with van der Waals surface area (Å²) in [5, 5.41) is 36.0. The monoisotopic (exact) mass is 753 g/mol. The van der Waals surface area contributed by atoms with Gasteiger partial charge in [0.05, 0.1) is 32.1 Å². The Morgan fingerprint density at radius 1 is 0.962 bits per heavy atom. The Hall–Kier alpha value is -3.36. The first-order chi connectivity index (χ1) is 25.7. The molecule has 0 radical (unpaired) electrons. The van der Waals surface area contributed by atoms with Gasteiger partial charge in [-0.2, -0.15) is 10.4 Å². The number of aliphatic hydroxyl groups is 2. The lowest BCUT2D eigenvalue weighted by Crippen LogP contribution is -2.41. The number of hydrogen-bond donors (Lipinski definition) is 4. The van der Waals surface area contributed by atoms with E-state index >= 15 is 0 Å². The molecule has 53 heavy (non-hydrogen) atoms. The first kappa shape index (κ1) is 42.4. The van der Waals surface area contributed by atoms with Crippen molar-refractivity contribution in [3.8, 4) is 17.9 Å². The van der Waals surface area contributed by atoms with Gasteiger partial charge in [0.15, 0.2) is 5.82 Å². The summed E-state index contributed by atoms with van der Waals surface area (Å²) in [5.41, 5.74) is 5.29. The van der Waals surface area contributed by atoms with Gasteiger partial charge in [-0.05, 0) is 24.1 Å². The van der Waals surface area contributed by atoms with Gasteiger partial charge < -0.3 is 30.3 Å². The summed E-state index contributed by atoms with van der Waals surface area (Å²) in [7, 11) is -4.67. The second kappa shape index (κ2) is 22.1. The number of aromatic nitrogens is 3. The van der Waals surface area contributed by atoms with Crippen molar-refractivity contribution in [3.63, 3.8) is 0 Å². The molecule has 13 nitrogen and oxygen atoms in total. The molecule has 5 N–H and O–H groups in total. The number of anilines is 1. The molecule has 0 amide bonds. The Morgan fingerprint density at radius 3 is 2.32 bits per heavy atom. The molecule has 1 fully saturated rings. The van der Waals surface area contributed by atoms with E-state index in [1.54, 1.807) is 6.07 Å². The summed E-state index contributed by atoms with van der Waals surface area (Å²) in [4.78, 5) is 14.5. The van der Waals surface area contributed by atoms with Crippen LogP contribution in [0.3, 0.4) is 0 Å². The largest absolute Gasteiger partial charge is 0.472 e. The minimum atomic E-state index is -4.67. The fraction of sp³-hybridized carbons (Fsp3) is 0.615. The number of benzene rings is 1. The van der Waals surface area contributed by atoms with E-state index in [2.05, 4.69) is 28.8 Å². The second-order valence-corrected chi connectivity index (χ2v) is 15.2. The molecule has 0 saturated carbocycles. The Balaban J connectivity index is 1.23. The normalized spacial score (nSPS) is 21.5. The summed E-state index contributed by atoms with van der Waals surface area (Å²) in [6.45, 7) is 2.03. The van der Waals surface area contributed by atoms with Gasteiger partial charge in [0, 0.05) is 18.8 Å². The molecule has 1 saturated heterocycles. The van der Waals surface area contributed by atoms with Crippen LogP contribution in [0.25, 0.3) is 5.52 Å². The molecule has 1 aromatic carbocycles. The lowest BCUT2D eigenvalue weighted by atomic mass is 9.92. The number of unbranched alkanes of at least 4 members (excludes halogenated alkanes) is 12. The Morgan fingerprint density at radius 2 is 1.64 bits per heavy atom. The quantitative estimate of drug-likeness (QED) is 0.0435. The van der Waals surface area contributed by atoms with E-state index in [9.17, 15) is 24.9 Å². The average Bonchev–Trinajstić information content (AvgIpc) is 3.71. The number of phosphoric acid groups is 1. The Kier molecular flexibility index (Phi) is 17.7. The molecule has 290 valence electrons. The van der Waals surface area contributed by atoms with E-state index in [1.807, 2.05) is 36.4 Å². The maximum absolute atomic E-state index is 13.0. The van der Waals surface area contributed by atoms with Crippen molar-refractivity contribution < 1.29 is 38.2 Å². The summed E-state index contributed by atoms with van der Waals surface area (Å²) in [5.74, 6) is 6.24. The highest BCUT2D eigenvalue weighted by Crippen LogP contribution is 2.46.